The van der Waals surface area contributed by atoms with Gasteiger partial charge in [-0.25, -0.2) is 0 Å². The standard InChI is InChI=1S/C17H15N3O4.ClH/c1-8-4-15(20-24-8)19-17(21)16-9(2)11-5-13-14(23-7-22-13)6-12(11)18-10(16)3;/h4-6H,7H2,1-3H3,(H,19,20,21);1H. The van der Waals surface area contributed by atoms with Crippen LogP contribution in [0.2, 0.25) is 0 Å². The summed E-state index contributed by atoms with van der Waals surface area (Å²) in [7, 11) is 0. The van der Waals surface area contributed by atoms with Gasteiger partial charge < -0.3 is 19.3 Å². The normalized spacial score (nSPS) is 12.1. The first kappa shape index (κ1) is 17.0. The first-order chi connectivity index (χ1) is 11.5. The molecule has 8 heteroatoms. The average Bonchev–Trinajstić information content (AvgIpc) is 3.14. The third-order valence-electron chi connectivity index (χ3n) is 4.02. The predicted molar refractivity (Wildman–Crippen MR) is 93.8 cm³/mol. The minimum atomic E-state index is -0.273. The number of benzene rings is 1. The van der Waals surface area contributed by atoms with Gasteiger partial charge >= 0.3 is 0 Å². The van der Waals surface area contributed by atoms with Crippen molar-refractivity contribution in [2.75, 3.05) is 12.1 Å². The Morgan fingerprint density at radius 3 is 2.52 bits per heavy atom. The summed E-state index contributed by atoms with van der Waals surface area (Å²) in [6.45, 7) is 5.66. The molecule has 4 rings (SSSR count). The van der Waals surface area contributed by atoms with E-state index < -0.39 is 0 Å². The molecule has 0 radical (unpaired) electrons. The lowest BCUT2D eigenvalue weighted by Gasteiger charge is -2.12. The van der Waals surface area contributed by atoms with Crippen LogP contribution in [0.1, 0.15) is 27.4 Å². The number of nitrogens with zero attached hydrogens (tertiary/aromatic N) is 2. The number of rotatable bonds is 2. The van der Waals surface area contributed by atoms with Gasteiger partial charge in [0.2, 0.25) is 6.79 Å². The lowest BCUT2D eigenvalue weighted by Crippen LogP contribution is -2.16. The Morgan fingerprint density at radius 1 is 1.12 bits per heavy atom. The number of carbonyl (C=O) groups excluding carboxylic acids is 1. The molecule has 2 aromatic heterocycles. The van der Waals surface area contributed by atoms with E-state index in [0.717, 1.165) is 16.5 Å². The molecule has 25 heavy (non-hydrogen) atoms. The van der Waals surface area contributed by atoms with Crippen LogP contribution in [0.4, 0.5) is 5.82 Å². The fourth-order valence-corrected chi connectivity index (χ4v) is 2.91. The minimum absolute atomic E-state index is 0. The van der Waals surface area contributed by atoms with Crippen LogP contribution < -0.4 is 14.8 Å². The molecule has 7 nitrogen and oxygen atoms in total. The number of aryl methyl sites for hydroxylation is 3. The SMILES string of the molecule is Cc1cc(NC(=O)c2c(C)nc3cc4c(cc3c2C)OCO4)no1.Cl. The molecule has 0 bridgehead atoms. The number of anilines is 1. The number of ether oxygens (including phenoxy) is 2. The van der Waals surface area contributed by atoms with Crippen LogP contribution in [0.15, 0.2) is 22.7 Å². The molecule has 1 amide bonds. The number of hydrogen-bond acceptors (Lipinski definition) is 6. The summed E-state index contributed by atoms with van der Waals surface area (Å²) in [6.07, 6.45) is 0. The first-order valence-corrected chi connectivity index (χ1v) is 7.48. The van der Waals surface area contributed by atoms with Crippen molar-refractivity contribution >= 4 is 35.0 Å². The van der Waals surface area contributed by atoms with Gasteiger partial charge in [0, 0.05) is 17.5 Å². The summed E-state index contributed by atoms with van der Waals surface area (Å²) in [4.78, 5) is 17.2. The summed E-state index contributed by atoms with van der Waals surface area (Å²) >= 11 is 0. The van der Waals surface area contributed by atoms with Gasteiger partial charge in [-0.15, -0.1) is 12.4 Å². The molecular formula is C17H16ClN3O4. The topological polar surface area (TPSA) is 86.5 Å². The maximum absolute atomic E-state index is 12.7. The van der Waals surface area contributed by atoms with Crippen LogP contribution in [0.25, 0.3) is 10.9 Å². The van der Waals surface area contributed by atoms with Crippen molar-refractivity contribution in [1.82, 2.24) is 10.1 Å². The first-order valence-electron chi connectivity index (χ1n) is 7.48. The Kier molecular flexibility index (Phi) is 4.26. The van der Waals surface area contributed by atoms with Crippen molar-refractivity contribution in [3.8, 4) is 11.5 Å². The number of carbonyl (C=O) groups is 1. The van der Waals surface area contributed by atoms with Crippen molar-refractivity contribution in [3.05, 3.63) is 40.8 Å². The molecule has 0 aliphatic carbocycles. The van der Waals surface area contributed by atoms with E-state index in [-0.39, 0.29) is 25.1 Å². The molecule has 0 saturated heterocycles. The molecule has 1 aromatic carbocycles. The molecule has 0 atom stereocenters. The largest absolute Gasteiger partial charge is 0.454 e. The zero-order valence-electron chi connectivity index (χ0n) is 13.9. The molecule has 3 heterocycles. The Morgan fingerprint density at radius 2 is 1.84 bits per heavy atom. The molecular weight excluding hydrogens is 346 g/mol. The Balaban J connectivity index is 0.00000182. The summed E-state index contributed by atoms with van der Waals surface area (Å²) < 4.78 is 15.8. The van der Waals surface area contributed by atoms with E-state index in [9.17, 15) is 4.79 Å². The molecule has 1 N–H and O–H groups in total. The van der Waals surface area contributed by atoms with E-state index in [0.29, 0.717) is 34.3 Å². The minimum Gasteiger partial charge on any atom is -0.454 e. The van der Waals surface area contributed by atoms with Gasteiger partial charge in [-0.2, -0.15) is 0 Å². The molecule has 0 fully saturated rings. The van der Waals surface area contributed by atoms with Gasteiger partial charge in [-0.3, -0.25) is 9.78 Å². The second-order valence-corrected chi connectivity index (χ2v) is 5.70. The van der Waals surface area contributed by atoms with Crippen molar-refractivity contribution in [3.63, 3.8) is 0 Å². The second-order valence-electron chi connectivity index (χ2n) is 5.70. The molecule has 0 spiro atoms. The highest BCUT2D eigenvalue weighted by Gasteiger charge is 2.21. The fourth-order valence-electron chi connectivity index (χ4n) is 2.91. The third kappa shape index (κ3) is 2.87. The smallest absolute Gasteiger partial charge is 0.259 e. The second kappa shape index (κ2) is 6.25. The van der Waals surface area contributed by atoms with Gasteiger partial charge in [-0.1, -0.05) is 5.16 Å². The third-order valence-corrected chi connectivity index (χ3v) is 4.02. The molecule has 0 unspecified atom stereocenters. The highest BCUT2D eigenvalue weighted by Crippen LogP contribution is 2.37. The Bertz CT molecular complexity index is 984. The number of nitrogens with one attached hydrogen (secondary N) is 1. The van der Waals surface area contributed by atoms with Gasteiger partial charge in [-0.05, 0) is 32.4 Å². The summed E-state index contributed by atoms with van der Waals surface area (Å²) in [5.74, 6) is 2.06. The van der Waals surface area contributed by atoms with Gasteiger partial charge in [0.25, 0.3) is 5.91 Å². The van der Waals surface area contributed by atoms with E-state index in [2.05, 4.69) is 15.5 Å². The predicted octanol–water partition coefficient (Wildman–Crippen LogP) is 3.55. The summed E-state index contributed by atoms with van der Waals surface area (Å²) in [5, 5.41) is 7.38. The lowest BCUT2D eigenvalue weighted by atomic mass is 10.0. The van der Waals surface area contributed by atoms with Crippen molar-refractivity contribution in [2.24, 2.45) is 0 Å². The molecule has 1 aliphatic rings. The lowest BCUT2D eigenvalue weighted by molar-refractivity contribution is 0.102. The van der Waals surface area contributed by atoms with E-state index in [1.807, 2.05) is 19.1 Å². The van der Waals surface area contributed by atoms with E-state index >= 15 is 0 Å². The van der Waals surface area contributed by atoms with Crippen molar-refractivity contribution in [1.29, 1.82) is 0 Å². The van der Waals surface area contributed by atoms with E-state index in [1.54, 1.807) is 19.9 Å². The van der Waals surface area contributed by atoms with Crippen LogP contribution in [0.5, 0.6) is 11.5 Å². The number of halogens is 1. The zero-order valence-corrected chi connectivity index (χ0v) is 14.7. The Labute approximate surface area is 149 Å². The van der Waals surface area contributed by atoms with Gasteiger partial charge in [0.05, 0.1) is 16.8 Å². The number of pyridine rings is 1. The summed E-state index contributed by atoms with van der Waals surface area (Å²) in [6, 6.07) is 5.35. The van der Waals surface area contributed by atoms with Crippen LogP contribution in [-0.4, -0.2) is 22.8 Å². The molecule has 3 aromatic rings. The monoisotopic (exact) mass is 361 g/mol. The number of hydrogen-bond donors (Lipinski definition) is 1. The molecule has 1 aliphatic heterocycles. The highest BCUT2D eigenvalue weighted by molar-refractivity contribution is 6.08. The number of aromatic nitrogens is 2. The van der Waals surface area contributed by atoms with Gasteiger partial charge in [0.1, 0.15) is 5.76 Å². The molecule has 0 saturated carbocycles. The highest BCUT2D eigenvalue weighted by atomic mass is 35.5. The maximum Gasteiger partial charge on any atom is 0.259 e. The van der Waals surface area contributed by atoms with Crippen LogP contribution in [-0.2, 0) is 0 Å². The van der Waals surface area contributed by atoms with Gasteiger partial charge in [0.15, 0.2) is 17.3 Å². The Hall–Kier alpha value is -2.80. The molecule has 130 valence electrons. The van der Waals surface area contributed by atoms with Crippen molar-refractivity contribution < 1.29 is 18.8 Å². The van der Waals surface area contributed by atoms with Crippen LogP contribution in [0, 0.1) is 20.8 Å². The van der Waals surface area contributed by atoms with Crippen molar-refractivity contribution in [2.45, 2.75) is 20.8 Å². The maximum atomic E-state index is 12.7. The van der Waals surface area contributed by atoms with Crippen LogP contribution >= 0.6 is 12.4 Å². The number of amides is 1. The van der Waals surface area contributed by atoms with E-state index in [1.165, 1.54) is 0 Å². The van der Waals surface area contributed by atoms with E-state index in [4.69, 9.17) is 14.0 Å². The fraction of sp³-hybridized carbons (Fsp3) is 0.235. The summed E-state index contributed by atoms with van der Waals surface area (Å²) in [5.41, 5.74) is 2.75. The average molecular weight is 362 g/mol. The quantitative estimate of drug-likeness (QED) is 0.751. The van der Waals surface area contributed by atoms with Crippen LogP contribution in [0.3, 0.4) is 0 Å². The number of fused-ring (bicyclic) bond motifs is 2. The zero-order chi connectivity index (χ0) is 16.8.